The predicted molar refractivity (Wildman–Crippen MR) is 48.2 cm³/mol. The minimum absolute atomic E-state index is 0.00824. The Morgan fingerprint density at radius 2 is 1.69 bits per heavy atom. The molecule has 3 rings (SSSR count). The Morgan fingerprint density at radius 1 is 1.15 bits per heavy atom. The molecule has 72 valence electrons. The Balaban J connectivity index is 1.70. The maximum atomic E-state index is 10.8. The van der Waals surface area contributed by atoms with Gasteiger partial charge in [0.1, 0.15) is 0 Å². The molecule has 2 unspecified atom stereocenters. The van der Waals surface area contributed by atoms with Crippen LogP contribution < -0.4 is 0 Å². The van der Waals surface area contributed by atoms with Crippen LogP contribution in [0.1, 0.15) is 38.5 Å². The minimum Gasteiger partial charge on any atom is -0.481 e. The highest BCUT2D eigenvalue weighted by Crippen LogP contribution is 2.65. The molecule has 0 amide bonds. The predicted octanol–water partition coefficient (Wildman–Crippen LogP) is 2.29. The highest BCUT2D eigenvalue weighted by molar-refractivity contribution is 5.70. The SMILES string of the molecule is O=C(O)C1CC2CC3(CC3)CC2C1. The summed E-state index contributed by atoms with van der Waals surface area (Å²) in [5, 5.41) is 8.91. The molecule has 2 atom stereocenters. The smallest absolute Gasteiger partial charge is 0.306 e. The molecule has 0 aromatic heterocycles. The summed E-state index contributed by atoms with van der Waals surface area (Å²) in [6.45, 7) is 0. The molecule has 0 bridgehead atoms. The fraction of sp³-hybridized carbons (Fsp3) is 0.909. The fourth-order valence-corrected chi connectivity index (χ4v) is 3.69. The van der Waals surface area contributed by atoms with Crippen LogP contribution in [0, 0.1) is 23.2 Å². The molecule has 13 heavy (non-hydrogen) atoms. The van der Waals surface area contributed by atoms with E-state index in [1.54, 1.807) is 0 Å². The van der Waals surface area contributed by atoms with Gasteiger partial charge in [-0.25, -0.2) is 0 Å². The van der Waals surface area contributed by atoms with E-state index < -0.39 is 5.97 Å². The lowest BCUT2D eigenvalue weighted by Gasteiger charge is -2.09. The summed E-state index contributed by atoms with van der Waals surface area (Å²) in [6.07, 6.45) is 7.50. The van der Waals surface area contributed by atoms with Gasteiger partial charge in [0.15, 0.2) is 0 Å². The van der Waals surface area contributed by atoms with E-state index in [0.717, 1.165) is 30.1 Å². The van der Waals surface area contributed by atoms with Crippen LogP contribution in [-0.2, 0) is 4.79 Å². The number of aliphatic carboxylic acids is 1. The van der Waals surface area contributed by atoms with Crippen LogP contribution in [0.2, 0.25) is 0 Å². The van der Waals surface area contributed by atoms with Crippen LogP contribution in [0.4, 0.5) is 0 Å². The van der Waals surface area contributed by atoms with Crippen LogP contribution in [-0.4, -0.2) is 11.1 Å². The molecule has 0 aromatic rings. The van der Waals surface area contributed by atoms with Crippen LogP contribution in [0.3, 0.4) is 0 Å². The molecule has 3 aliphatic carbocycles. The van der Waals surface area contributed by atoms with Crippen molar-refractivity contribution in [2.24, 2.45) is 23.2 Å². The lowest BCUT2D eigenvalue weighted by molar-refractivity contribution is -0.141. The molecule has 3 fully saturated rings. The zero-order valence-corrected chi connectivity index (χ0v) is 7.83. The molecular formula is C11H16O2. The first-order valence-corrected chi connectivity index (χ1v) is 5.41. The van der Waals surface area contributed by atoms with Crippen molar-refractivity contribution >= 4 is 5.97 Å². The van der Waals surface area contributed by atoms with Gasteiger partial charge in [-0.3, -0.25) is 4.79 Å². The van der Waals surface area contributed by atoms with E-state index in [-0.39, 0.29) is 5.92 Å². The van der Waals surface area contributed by atoms with E-state index in [1.807, 2.05) is 0 Å². The van der Waals surface area contributed by atoms with Crippen molar-refractivity contribution in [3.8, 4) is 0 Å². The Morgan fingerprint density at radius 3 is 2.08 bits per heavy atom. The Labute approximate surface area is 78.3 Å². The third kappa shape index (κ3) is 1.11. The first kappa shape index (κ1) is 7.84. The van der Waals surface area contributed by atoms with Gasteiger partial charge in [0.05, 0.1) is 5.92 Å². The largest absolute Gasteiger partial charge is 0.481 e. The lowest BCUT2D eigenvalue weighted by atomic mass is 9.96. The van der Waals surface area contributed by atoms with Gasteiger partial charge in [0.25, 0.3) is 0 Å². The molecule has 2 nitrogen and oxygen atoms in total. The molecular weight excluding hydrogens is 164 g/mol. The maximum Gasteiger partial charge on any atom is 0.306 e. The summed E-state index contributed by atoms with van der Waals surface area (Å²) in [5.74, 6) is 0.970. The van der Waals surface area contributed by atoms with Crippen LogP contribution >= 0.6 is 0 Å². The summed E-state index contributed by atoms with van der Waals surface area (Å²) in [5.41, 5.74) is 0.721. The second-order valence-corrected chi connectivity index (χ2v) is 5.43. The highest BCUT2D eigenvalue weighted by Gasteiger charge is 2.55. The molecule has 3 aliphatic rings. The summed E-state index contributed by atoms with van der Waals surface area (Å²) < 4.78 is 0. The zero-order valence-electron chi connectivity index (χ0n) is 7.83. The monoisotopic (exact) mass is 180 g/mol. The average molecular weight is 180 g/mol. The van der Waals surface area contributed by atoms with Gasteiger partial charge in [-0.05, 0) is 55.8 Å². The summed E-state index contributed by atoms with van der Waals surface area (Å²) in [4.78, 5) is 10.8. The molecule has 0 heterocycles. The molecule has 2 heteroatoms. The Bertz CT molecular complexity index is 239. The highest BCUT2D eigenvalue weighted by atomic mass is 16.4. The number of rotatable bonds is 1. The van der Waals surface area contributed by atoms with Crippen LogP contribution in [0.25, 0.3) is 0 Å². The first-order chi connectivity index (χ1) is 6.19. The van der Waals surface area contributed by atoms with Crippen molar-refractivity contribution in [3.63, 3.8) is 0 Å². The van der Waals surface area contributed by atoms with Crippen molar-refractivity contribution in [1.29, 1.82) is 0 Å². The van der Waals surface area contributed by atoms with Gasteiger partial charge in [0.2, 0.25) is 0 Å². The maximum absolute atomic E-state index is 10.8. The third-order valence-electron chi connectivity index (χ3n) is 4.54. The van der Waals surface area contributed by atoms with E-state index in [2.05, 4.69) is 0 Å². The topological polar surface area (TPSA) is 37.3 Å². The zero-order chi connectivity index (χ0) is 9.05. The summed E-state index contributed by atoms with van der Waals surface area (Å²) in [6, 6.07) is 0. The van der Waals surface area contributed by atoms with Crippen LogP contribution in [0.5, 0.6) is 0 Å². The van der Waals surface area contributed by atoms with E-state index in [9.17, 15) is 4.79 Å². The second-order valence-electron chi connectivity index (χ2n) is 5.43. The molecule has 0 aliphatic heterocycles. The second kappa shape index (κ2) is 2.28. The average Bonchev–Trinajstić information content (AvgIpc) is 2.49. The third-order valence-corrected chi connectivity index (χ3v) is 4.54. The Hall–Kier alpha value is -0.530. The van der Waals surface area contributed by atoms with Crippen molar-refractivity contribution in [2.75, 3.05) is 0 Å². The van der Waals surface area contributed by atoms with Gasteiger partial charge in [-0.1, -0.05) is 0 Å². The minimum atomic E-state index is -0.556. The molecule has 1 N–H and O–H groups in total. The normalized spacial score (nSPS) is 45.1. The number of carbonyl (C=O) groups is 1. The van der Waals surface area contributed by atoms with Crippen molar-refractivity contribution in [2.45, 2.75) is 38.5 Å². The first-order valence-electron chi connectivity index (χ1n) is 5.41. The number of hydrogen-bond donors (Lipinski definition) is 1. The molecule has 3 saturated carbocycles. The summed E-state index contributed by atoms with van der Waals surface area (Å²) >= 11 is 0. The quantitative estimate of drug-likeness (QED) is 0.672. The van der Waals surface area contributed by atoms with E-state index in [0.29, 0.717) is 0 Å². The van der Waals surface area contributed by atoms with Gasteiger partial charge in [0, 0.05) is 0 Å². The van der Waals surface area contributed by atoms with Gasteiger partial charge < -0.3 is 5.11 Å². The fourth-order valence-electron chi connectivity index (χ4n) is 3.69. The van der Waals surface area contributed by atoms with Crippen LogP contribution in [0.15, 0.2) is 0 Å². The standard InChI is InChI=1S/C11H16O2/c12-10(13)7-3-8-5-11(1-2-11)6-9(8)4-7/h7-9H,1-6H2,(H,12,13). The number of carboxylic acids is 1. The summed E-state index contributed by atoms with van der Waals surface area (Å²) in [7, 11) is 0. The molecule has 1 spiro atoms. The molecule has 0 radical (unpaired) electrons. The molecule has 0 saturated heterocycles. The van der Waals surface area contributed by atoms with Crippen molar-refractivity contribution in [3.05, 3.63) is 0 Å². The number of fused-ring (bicyclic) bond motifs is 1. The lowest BCUT2D eigenvalue weighted by Crippen LogP contribution is -2.11. The van der Waals surface area contributed by atoms with Crippen molar-refractivity contribution < 1.29 is 9.90 Å². The van der Waals surface area contributed by atoms with E-state index >= 15 is 0 Å². The van der Waals surface area contributed by atoms with Gasteiger partial charge in [-0.15, -0.1) is 0 Å². The van der Waals surface area contributed by atoms with Crippen molar-refractivity contribution in [1.82, 2.24) is 0 Å². The Kier molecular flexibility index (Phi) is 1.38. The molecule has 0 aromatic carbocycles. The van der Waals surface area contributed by atoms with E-state index in [1.165, 1.54) is 25.7 Å². The number of hydrogen-bond acceptors (Lipinski definition) is 1. The van der Waals surface area contributed by atoms with Gasteiger partial charge >= 0.3 is 5.97 Å². The van der Waals surface area contributed by atoms with E-state index in [4.69, 9.17) is 5.11 Å². The number of carboxylic acid groups (broad SMARTS) is 1. The van der Waals surface area contributed by atoms with Gasteiger partial charge in [-0.2, -0.15) is 0 Å².